The van der Waals surface area contributed by atoms with Crippen LogP contribution in [0.3, 0.4) is 0 Å². The van der Waals surface area contributed by atoms with Crippen LogP contribution < -0.4 is 15.3 Å². The normalized spacial score (nSPS) is 13.9. The van der Waals surface area contributed by atoms with Gasteiger partial charge in [0.15, 0.2) is 0 Å². The van der Waals surface area contributed by atoms with E-state index in [1.807, 2.05) is 0 Å². The first kappa shape index (κ1) is 35.2. The fourth-order valence-corrected chi connectivity index (χ4v) is 13.3. The Morgan fingerprint density at radius 2 is 0.814 bits per heavy atom. The molecule has 9 aromatic carbocycles. The largest absolute Gasteiger partial charge is 0.311 e. The van der Waals surface area contributed by atoms with Gasteiger partial charge in [-0.25, -0.2) is 0 Å². The second-order valence-electron chi connectivity index (χ2n) is 16.5. The highest BCUT2D eigenvalue weighted by Gasteiger charge is 2.46. The molecule has 1 aliphatic heterocycles. The molecule has 0 atom stereocenters. The van der Waals surface area contributed by atoms with Crippen molar-refractivity contribution in [3.63, 3.8) is 0 Å². The van der Waals surface area contributed by atoms with Crippen LogP contribution in [0.4, 0.5) is 17.1 Å². The van der Waals surface area contributed by atoms with E-state index < -0.39 is 13.5 Å². The van der Waals surface area contributed by atoms with Crippen LogP contribution in [0.2, 0.25) is 13.1 Å². The Labute approximate surface area is 348 Å². The van der Waals surface area contributed by atoms with E-state index >= 15 is 0 Å². The van der Waals surface area contributed by atoms with Gasteiger partial charge < -0.3 is 4.90 Å². The lowest BCUT2D eigenvalue weighted by Crippen LogP contribution is -2.49. The van der Waals surface area contributed by atoms with Gasteiger partial charge in [-0.1, -0.05) is 201 Å². The summed E-state index contributed by atoms with van der Waals surface area (Å²) in [4.78, 5) is 2.45. The summed E-state index contributed by atoms with van der Waals surface area (Å²) >= 11 is 0. The third-order valence-electron chi connectivity index (χ3n) is 13.0. The number of nitrogens with zero attached hydrogens (tertiary/aromatic N) is 1. The number of rotatable bonds is 7. The lowest BCUT2D eigenvalue weighted by Gasteiger charge is -2.34. The van der Waals surface area contributed by atoms with Gasteiger partial charge in [0, 0.05) is 17.1 Å². The second kappa shape index (κ2) is 13.8. The van der Waals surface area contributed by atoms with Crippen molar-refractivity contribution in [2.75, 3.05) is 4.90 Å². The molecule has 1 heterocycles. The first-order valence-corrected chi connectivity index (χ1v) is 23.7. The van der Waals surface area contributed by atoms with Crippen LogP contribution in [0.15, 0.2) is 224 Å². The molecule has 0 radical (unpaired) electrons. The number of hydrogen-bond donors (Lipinski definition) is 0. The van der Waals surface area contributed by atoms with E-state index in [0.29, 0.717) is 0 Å². The molecule has 280 valence electrons. The number of fused-ring (bicyclic) bond motifs is 6. The van der Waals surface area contributed by atoms with Crippen molar-refractivity contribution in [1.82, 2.24) is 0 Å². The molecule has 0 spiro atoms. The van der Waals surface area contributed by atoms with E-state index in [9.17, 15) is 0 Å². The fourth-order valence-electron chi connectivity index (χ4n) is 10.2. The smallest absolute Gasteiger partial charge is 0.113 e. The number of anilines is 3. The Balaban J connectivity index is 1.08. The summed E-state index contributed by atoms with van der Waals surface area (Å²) < 4.78 is 0. The number of benzene rings is 9. The van der Waals surface area contributed by atoms with Gasteiger partial charge >= 0.3 is 0 Å². The van der Waals surface area contributed by atoms with Crippen LogP contribution in [0.5, 0.6) is 0 Å². The molecule has 9 aromatic rings. The molecule has 0 amide bonds. The number of hydrogen-bond acceptors (Lipinski definition) is 1. The summed E-state index contributed by atoms with van der Waals surface area (Å²) in [5.74, 6) is 0. The fraction of sp³-hybridized carbons (Fsp3) is 0.0526. The van der Waals surface area contributed by atoms with Crippen molar-refractivity contribution in [2.45, 2.75) is 18.5 Å². The first-order chi connectivity index (χ1) is 29.0. The maximum absolute atomic E-state index is 2.52. The molecule has 1 aliphatic carbocycles. The van der Waals surface area contributed by atoms with Crippen LogP contribution >= 0.6 is 0 Å². The predicted molar refractivity (Wildman–Crippen MR) is 251 cm³/mol. The summed E-state index contributed by atoms with van der Waals surface area (Å²) in [6.07, 6.45) is 0. The third kappa shape index (κ3) is 5.44. The first-order valence-electron chi connectivity index (χ1n) is 20.7. The summed E-state index contributed by atoms with van der Waals surface area (Å²) in [6.45, 7) is 5.04. The molecule has 0 aromatic heterocycles. The lowest BCUT2D eigenvalue weighted by atomic mass is 9.68. The Morgan fingerprint density at radius 3 is 1.44 bits per heavy atom. The zero-order valence-corrected chi connectivity index (χ0v) is 34.3. The van der Waals surface area contributed by atoms with Crippen LogP contribution in [0.25, 0.3) is 44.5 Å². The highest BCUT2D eigenvalue weighted by Crippen LogP contribution is 2.56. The summed E-state index contributed by atoms with van der Waals surface area (Å²) in [7, 11) is -2.05. The molecule has 11 rings (SSSR count). The Morgan fingerprint density at radius 1 is 0.339 bits per heavy atom. The van der Waals surface area contributed by atoms with E-state index in [0.717, 1.165) is 11.4 Å². The second-order valence-corrected chi connectivity index (χ2v) is 20.8. The van der Waals surface area contributed by atoms with E-state index in [1.54, 1.807) is 0 Å². The quantitative estimate of drug-likeness (QED) is 0.146. The van der Waals surface area contributed by atoms with Crippen molar-refractivity contribution in [3.8, 4) is 44.5 Å². The molecule has 0 bridgehead atoms. The molecule has 0 saturated heterocycles. The average molecular weight is 770 g/mol. The van der Waals surface area contributed by atoms with Crippen molar-refractivity contribution in [3.05, 3.63) is 247 Å². The summed E-state index contributed by atoms with van der Waals surface area (Å²) in [5.41, 5.74) is 18.6. The molecule has 0 N–H and O–H groups in total. The predicted octanol–water partition coefficient (Wildman–Crippen LogP) is 13.7. The van der Waals surface area contributed by atoms with E-state index in [2.05, 4.69) is 242 Å². The monoisotopic (exact) mass is 769 g/mol. The van der Waals surface area contributed by atoms with Gasteiger partial charge in [0.25, 0.3) is 0 Å². The SMILES string of the molecule is C[Si]1(C)c2cc(N(c3ccc(-c4ccccc4)cc3)c3ccc(C4(c5ccccc5)c5ccccc5-c5ccccc54)cc3)ccc2-c2c(-c3ccccc3)cccc21. The molecule has 0 fully saturated rings. The van der Waals surface area contributed by atoms with Gasteiger partial charge in [-0.2, -0.15) is 0 Å². The standard InChI is InChI=1S/C57H43NSi/c1-59(2)54-28-16-25-48(42-19-8-4-9-20-42)56(54)51-38-37-47(39-55(51)59)58(45-33-29-41(30-34-45)40-17-6-3-7-18-40)46-35-31-44(32-36-46)57(43-21-10-5-11-22-43)52-26-14-12-23-49(52)50-24-13-15-27-53(50)57/h3-39H,1-2H3. The summed E-state index contributed by atoms with van der Waals surface area (Å²) in [5, 5.41) is 3.00. The van der Waals surface area contributed by atoms with Crippen molar-refractivity contribution >= 4 is 35.5 Å². The van der Waals surface area contributed by atoms with Gasteiger partial charge in [0.1, 0.15) is 8.07 Å². The van der Waals surface area contributed by atoms with Gasteiger partial charge in [-0.15, -0.1) is 0 Å². The molecule has 2 aliphatic rings. The Bertz CT molecular complexity index is 2940. The molecule has 2 heteroatoms. The molecule has 59 heavy (non-hydrogen) atoms. The minimum Gasteiger partial charge on any atom is -0.311 e. The Kier molecular flexibility index (Phi) is 8.25. The minimum atomic E-state index is -2.05. The molecule has 0 unspecified atom stereocenters. The third-order valence-corrected chi connectivity index (χ3v) is 16.5. The van der Waals surface area contributed by atoms with Crippen molar-refractivity contribution < 1.29 is 0 Å². The zero-order valence-electron chi connectivity index (χ0n) is 33.3. The van der Waals surface area contributed by atoms with E-state index in [-0.39, 0.29) is 0 Å². The maximum Gasteiger partial charge on any atom is 0.113 e. The van der Waals surface area contributed by atoms with Crippen LogP contribution in [-0.4, -0.2) is 8.07 Å². The molecule has 0 saturated carbocycles. The lowest BCUT2D eigenvalue weighted by molar-refractivity contribution is 0.768. The van der Waals surface area contributed by atoms with Crippen molar-refractivity contribution in [1.29, 1.82) is 0 Å². The van der Waals surface area contributed by atoms with Crippen molar-refractivity contribution in [2.24, 2.45) is 0 Å². The van der Waals surface area contributed by atoms with Gasteiger partial charge in [0.2, 0.25) is 0 Å². The van der Waals surface area contributed by atoms with Gasteiger partial charge in [-0.05, 0) is 114 Å². The molecule has 1 nitrogen and oxygen atoms in total. The average Bonchev–Trinajstić information content (AvgIpc) is 3.73. The molecular weight excluding hydrogens is 727 g/mol. The zero-order chi connectivity index (χ0) is 39.6. The van der Waals surface area contributed by atoms with Crippen LogP contribution in [0.1, 0.15) is 22.3 Å². The van der Waals surface area contributed by atoms with E-state index in [1.165, 1.54) is 82.8 Å². The van der Waals surface area contributed by atoms with Crippen LogP contribution in [0, 0.1) is 0 Å². The minimum absolute atomic E-state index is 0.444. The highest BCUT2D eigenvalue weighted by atomic mass is 28.3. The van der Waals surface area contributed by atoms with E-state index in [4.69, 9.17) is 0 Å². The highest BCUT2D eigenvalue weighted by molar-refractivity contribution is 7.04. The van der Waals surface area contributed by atoms with Gasteiger partial charge in [0.05, 0.1) is 5.41 Å². The topological polar surface area (TPSA) is 3.24 Å². The summed E-state index contributed by atoms with van der Waals surface area (Å²) in [6, 6.07) is 83.3. The van der Waals surface area contributed by atoms with Gasteiger partial charge in [-0.3, -0.25) is 0 Å². The molecular formula is C57H43NSi. The maximum atomic E-state index is 2.52. The van der Waals surface area contributed by atoms with Crippen LogP contribution in [-0.2, 0) is 5.41 Å². The Hall–Kier alpha value is -7.00.